The molecule has 3 heterocycles. The largest absolute Gasteiger partial charge is 0.378 e. The van der Waals surface area contributed by atoms with Gasteiger partial charge in [0.1, 0.15) is 5.82 Å². The Labute approximate surface area is 149 Å². The molecule has 0 N–H and O–H groups in total. The fraction of sp³-hybridized carbons (Fsp3) is 0.737. The minimum absolute atomic E-state index is 0.181. The van der Waals surface area contributed by atoms with Crippen LogP contribution in [0.3, 0.4) is 0 Å². The number of aryl methyl sites for hydroxylation is 1. The van der Waals surface area contributed by atoms with Gasteiger partial charge in [-0.25, -0.2) is 9.97 Å². The number of hydrogen-bond acceptors (Lipinski definition) is 5. The summed E-state index contributed by atoms with van der Waals surface area (Å²) in [5, 5.41) is 0. The van der Waals surface area contributed by atoms with Gasteiger partial charge in [-0.1, -0.05) is 6.42 Å². The van der Waals surface area contributed by atoms with Gasteiger partial charge in [0, 0.05) is 50.1 Å². The lowest BCUT2D eigenvalue weighted by atomic mass is 9.76. The van der Waals surface area contributed by atoms with Crippen LogP contribution in [0.1, 0.15) is 37.1 Å². The van der Waals surface area contributed by atoms with E-state index < -0.39 is 0 Å². The third kappa shape index (κ3) is 3.42. The predicted octanol–water partition coefficient (Wildman–Crippen LogP) is 1.64. The Morgan fingerprint density at radius 1 is 1.24 bits per heavy atom. The van der Waals surface area contributed by atoms with Crippen molar-refractivity contribution in [2.24, 2.45) is 11.3 Å². The zero-order valence-electron chi connectivity index (χ0n) is 15.1. The molecule has 4 rings (SSSR count). The van der Waals surface area contributed by atoms with Gasteiger partial charge in [0.15, 0.2) is 0 Å². The van der Waals surface area contributed by atoms with Crippen molar-refractivity contribution in [1.82, 2.24) is 19.8 Å². The van der Waals surface area contributed by atoms with Crippen molar-refractivity contribution < 1.29 is 9.53 Å². The van der Waals surface area contributed by atoms with E-state index in [4.69, 9.17) is 4.74 Å². The number of nitrogens with zero attached hydrogens (tertiary/aromatic N) is 4. The van der Waals surface area contributed by atoms with E-state index in [2.05, 4.69) is 14.9 Å². The number of hydrogen-bond donors (Lipinski definition) is 0. The summed E-state index contributed by atoms with van der Waals surface area (Å²) in [6.45, 7) is 7.79. The minimum atomic E-state index is 0.181. The highest BCUT2D eigenvalue weighted by Gasteiger charge is 2.51. The van der Waals surface area contributed by atoms with E-state index in [0.717, 1.165) is 57.0 Å². The van der Waals surface area contributed by atoms with E-state index in [9.17, 15) is 4.79 Å². The first-order valence-corrected chi connectivity index (χ1v) is 9.53. The molecule has 0 radical (unpaired) electrons. The van der Waals surface area contributed by atoms with E-state index in [0.29, 0.717) is 19.1 Å². The normalized spacial score (nSPS) is 30.3. The molecule has 1 aromatic heterocycles. The summed E-state index contributed by atoms with van der Waals surface area (Å²) < 4.78 is 5.41. The van der Waals surface area contributed by atoms with Crippen LogP contribution in [0.2, 0.25) is 0 Å². The van der Waals surface area contributed by atoms with E-state index in [1.54, 1.807) is 0 Å². The second-order valence-corrected chi connectivity index (χ2v) is 7.84. The van der Waals surface area contributed by atoms with Crippen molar-refractivity contribution in [3.05, 3.63) is 23.8 Å². The van der Waals surface area contributed by atoms with Crippen molar-refractivity contribution in [3.8, 4) is 0 Å². The van der Waals surface area contributed by atoms with Crippen LogP contribution < -0.4 is 0 Å². The number of carbonyl (C=O) groups is 1. The minimum Gasteiger partial charge on any atom is -0.378 e. The molecule has 6 nitrogen and oxygen atoms in total. The number of amides is 1. The molecular formula is C19H28N4O2. The third-order valence-electron chi connectivity index (χ3n) is 6.23. The van der Waals surface area contributed by atoms with Crippen LogP contribution >= 0.6 is 0 Å². The molecule has 2 saturated heterocycles. The fourth-order valence-corrected chi connectivity index (χ4v) is 4.90. The lowest BCUT2D eigenvalue weighted by molar-refractivity contribution is -0.143. The van der Waals surface area contributed by atoms with E-state index in [1.807, 2.05) is 24.2 Å². The summed E-state index contributed by atoms with van der Waals surface area (Å²) in [7, 11) is 0. The molecule has 2 aliphatic heterocycles. The van der Waals surface area contributed by atoms with Crippen LogP contribution in [-0.4, -0.2) is 65.1 Å². The standard InChI is InChI=1S/C19H28N4O2/c1-15-20-11-16(12-21-15)13-22-6-5-19(14-22)4-2-3-17(19)18(24)23-7-9-25-10-8-23/h11-12,17H,2-10,13-14H2,1H3/t17-,19+/m1/s1. The number of ether oxygens (including phenoxy) is 1. The highest BCUT2D eigenvalue weighted by Crippen LogP contribution is 2.50. The van der Waals surface area contributed by atoms with Crippen LogP contribution in [0, 0.1) is 18.3 Å². The number of morpholine rings is 1. The Morgan fingerprint density at radius 2 is 2.00 bits per heavy atom. The molecule has 1 aromatic rings. The average molecular weight is 344 g/mol. The summed E-state index contributed by atoms with van der Waals surface area (Å²) in [5.74, 6) is 1.39. The van der Waals surface area contributed by atoms with E-state index in [1.165, 1.54) is 12.8 Å². The first kappa shape index (κ1) is 16.9. The molecule has 1 spiro atoms. The summed E-state index contributed by atoms with van der Waals surface area (Å²) in [6.07, 6.45) is 8.42. The SMILES string of the molecule is Cc1ncc(CN2CC[C@@]3(CCC[C@@H]3C(=O)N3CCOCC3)C2)cn1. The second kappa shape index (κ2) is 7.00. The smallest absolute Gasteiger partial charge is 0.226 e. The van der Waals surface area contributed by atoms with Crippen molar-refractivity contribution >= 4 is 5.91 Å². The highest BCUT2D eigenvalue weighted by atomic mass is 16.5. The molecule has 1 amide bonds. The van der Waals surface area contributed by atoms with Crippen LogP contribution in [0.4, 0.5) is 0 Å². The first-order valence-electron chi connectivity index (χ1n) is 9.53. The highest BCUT2D eigenvalue weighted by molar-refractivity contribution is 5.80. The molecule has 1 saturated carbocycles. The monoisotopic (exact) mass is 344 g/mol. The Hall–Kier alpha value is -1.53. The summed E-state index contributed by atoms with van der Waals surface area (Å²) >= 11 is 0. The van der Waals surface area contributed by atoms with Crippen molar-refractivity contribution in [2.45, 2.75) is 39.2 Å². The molecule has 136 valence electrons. The lowest BCUT2D eigenvalue weighted by Crippen LogP contribution is -2.47. The lowest BCUT2D eigenvalue weighted by Gasteiger charge is -2.36. The maximum Gasteiger partial charge on any atom is 0.226 e. The number of likely N-dealkylation sites (tertiary alicyclic amines) is 1. The molecule has 25 heavy (non-hydrogen) atoms. The molecule has 3 fully saturated rings. The molecule has 0 unspecified atom stereocenters. The summed E-state index contributed by atoms with van der Waals surface area (Å²) in [6, 6.07) is 0. The number of rotatable bonds is 3. The van der Waals surface area contributed by atoms with Gasteiger partial charge in [0.25, 0.3) is 0 Å². The molecule has 1 aliphatic carbocycles. The Morgan fingerprint density at radius 3 is 2.76 bits per heavy atom. The topological polar surface area (TPSA) is 58.6 Å². The fourth-order valence-electron chi connectivity index (χ4n) is 4.90. The van der Waals surface area contributed by atoms with Gasteiger partial charge in [-0.2, -0.15) is 0 Å². The van der Waals surface area contributed by atoms with Gasteiger partial charge in [0.05, 0.1) is 13.2 Å². The molecule has 2 atom stereocenters. The second-order valence-electron chi connectivity index (χ2n) is 7.84. The number of carbonyl (C=O) groups excluding carboxylic acids is 1. The Balaban J connectivity index is 1.42. The Kier molecular flexibility index (Phi) is 4.73. The molecule has 0 aromatic carbocycles. The van der Waals surface area contributed by atoms with Crippen LogP contribution in [-0.2, 0) is 16.1 Å². The maximum absolute atomic E-state index is 13.1. The summed E-state index contributed by atoms with van der Waals surface area (Å²) in [4.78, 5) is 26.2. The van der Waals surface area contributed by atoms with E-state index in [-0.39, 0.29) is 11.3 Å². The molecular weight excluding hydrogens is 316 g/mol. The van der Waals surface area contributed by atoms with Gasteiger partial charge in [-0.05, 0) is 38.1 Å². The zero-order chi connectivity index (χ0) is 17.3. The van der Waals surface area contributed by atoms with Crippen LogP contribution in [0.15, 0.2) is 12.4 Å². The van der Waals surface area contributed by atoms with Gasteiger partial charge in [-0.3, -0.25) is 9.69 Å². The molecule has 6 heteroatoms. The van der Waals surface area contributed by atoms with Crippen LogP contribution in [0.25, 0.3) is 0 Å². The van der Waals surface area contributed by atoms with Crippen molar-refractivity contribution in [2.75, 3.05) is 39.4 Å². The average Bonchev–Trinajstić information content (AvgIpc) is 3.24. The van der Waals surface area contributed by atoms with Gasteiger partial charge in [-0.15, -0.1) is 0 Å². The van der Waals surface area contributed by atoms with Gasteiger partial charge >= 0.3 is 0 Å². The van der Waals surface area contributed by atoms with Crippen molar-refractivity contribution in [1.29, 1.82) is 0 Å². The summed E-state index contributed by atoms with van der Waals surface area (Å²) in [5.41, 5.74) is 1.35. The van der Waals surface area contributed by atoms with Gasteiger partial charge in [0.2, 0.25) is 5.91 Å². The quantitative estimate of drug-likeness (QED) is 0.834. The predicted molar refractivity (Wildman–Crippen MR) is 93.8 cm³/mol. The Bertz CT molecular complexity index is 614. The van der Waals surface area contributed by atoms with Crippen LogP contribution in [0.5, 0.6) is 0 Å². The van der Waals surface area contributed by atoms with Gasteiger partial charge < -0.3 is 9.64 Å². The first-order chi connectivity index (χ1) is 12.2. The third-order valence-corrected chi connectivity index (χ3v) is 6.23. The van der Waals surface area contributed by atoms with Crippen molar-refractivity contribution in [3.63, 3.8) is 0 Å². The zero-order valence-corrected chi connectivity index (χ0v) is 15.1. The molecule has 0 bridgehead atoms. The number of aromatic nitrogens is 2. The molecule has 3 aliphatic rings. The maximum atomic E-state index is 13.1. The van der Waals surface area contributed by atoms with E-state index >= 15 is 0 Å².